The van der Waals surface area contributed by atoms with Crippen LogP contribution in [0.15, 0.2) is 95.3 Å². The van der Waals surface area contributed by atoms with E-state index in [1.54, 1.807) is 41.7 Å². The number of Topliss-reactive ketones (excluding diaryl/α,β-unsaturated/α-hetero) is 2. The number of carbonyl (C=O) groups is 4. The summed E-state index contributed by atoms with van der Waals surface area (Å²) in [6.07, 6.45) is 39.5. The van der Waals surface area contributed by atoms with Gasteiger partial charge < -0.3 is 9.80 Å². The zero-order valence-corrected chi connectivity index (χ0v) is 57.4. The molecule has 8 rings (SSSR count). The minimum atomic E-state index is -0.805. The van der Waals surface area contributed by atoms with Gasteiger partial charge in [0.2, 0.25) is 5.91 Å². The Labute approximate surface area is 559 Å². The quantitative estimate of drug-likeness (QED) is 0.0188. The third-order valence-corrected chi connectivity index (χ3v) is 22.0. The van der Waals surface area contributed by atoms with Crippen LogP contribution in [-0.2, 0) is 16.0 Å². The average Bonchev–Trinajstić information content (AvgIpc) is 1.56. The fourth-order valence-electron chi connectivity index (χ4n) is 14.9. The monoisotopic (exact) mass is 1270 g/mol. The second-order valence-corrected chi connectivity index (χ2v) is 28.8. The topological polar surface area (TPSA) is 131 Å². The molecule has 1 fully saturated rings. The average molecular weight is 1270 g/mol. The maximum atomic E-state index is 16.4. The van der Waals surface area contributed by atoms with Crippen LogP contribution in [0, 0.1) is 59.5 Å². The summed E-state index contributed by atoms with van der Waals surface area (Å²) in [6, 6.07) is 26.0. The van der Waals surface area contributed by atoms with Crippen LogP contribution < -0.4 is 0 Å². The van der Waals surface area contributed by atoms with Crippen LogP contribution in [0.5, 0.6) is 0 Å². The Morgan fingerprint density at radius 1 is 0.554 bits per heavy atom. The van der Waals surface area contributed by atoms with E-state index >= 15 is 9.59 Å². The highest BCUT2D eigenvalue weighted by molar-refractivity contribution is 7.14. The molecule has 5 atom stereocenters. The molecule has 0 saturated carbocycles. The third-order valence-electron chi connectivity index (χ3n) is 19.8. The van der Waals surface area contributed by atoms with Gasteiger partial charge in [-0.05, 0) is 91.0 Å². The smallest absolute Gasteiger partial charge is 0.270 e. The molecule has 0 N–H and O–H groups in total. The van der Waals surface area contributed by atoms with E-state index in [0.29, 0.717) is 62.6 Å². The van der Waals surface area contributed by atoms with Crippen molar-refractivity contribution >= 4 is 69.0 Å². The van der Waals surface area contributed by atoms with Gasteiger partial charge in [0, 0.05) is 55.9 Å². The lowest BCUT2D eigenvalue weighted by Gasteiger charge is -2.33. The molecule has 0 radical (unpaired) electrons. The van der Waals surface area contributed by atoms with Crippen molar-refractivity contribution in [2.24, 2.45) is 23.7 Å². The second kappa shape index (κ2) is 37.1. The number of hydrogen-bond acceptors (Lipinski definition) is 8. The Bertz CT molecular complexity index is 3440. The summed E-state index contributed by atoms with van der Waals surface area (Å²) in [5, 5.41) is 20.5. The fourth-order valence-corrected chi connectivity index (χ4v) is 17.1. The summed E-state index contributed by atoms with van der Waals surface area (Å²) < 4.78 is 0. The lowest BCUT2D eigenvalue weighted by molar-refractivity contribution is -0.131. The Morgan fingerprint density at radius 3 is 1.54 bits per heavy atom. The molecule has 4 aliphatic rings. The number of hydrogen-bond donors (Lipinski definition) is 0. The minimum Gasteiger partial charge on any atom is -0.330 e. The number of amides is 2. The number of carbonyl (C=O) groups excluding carboxylic acids is 4. The van der Waals surface area contributed by atoms with Gasteiger partial charge in [0.15, 0.2) is 11.6 Å². The fraction of sp³-hybridized carbons (Fsp3) is 0.550. The molecule has 4 heterocycles. The van der Waals surface area contributed by atoms with E-state index in [1.807, 2.05) is 47.4 Å². The van der Waals surface area contributed by atoms with Gasteiger partial charge >= 0.3 is 0 Å². The molecular weight excluding hydrogens is 1170 g/mol. The maximum absolute atomic E-state index is 16.4. The standard InChI is InChI=1S/C80H100N6O4S2/c1-7-11-15-19-23-25-29-33-41-57(39-31-27-21-17-13-9-3)55-85-75(69-49-47-59(91-69)51-65-71(67(53-81)83-5)61-43-35-37-45-63(61)77(65)87)73-74(79(85)89)76(70-50-48-60(92-70)52-66-72(68(54-82)84-6)62-44-36-38-46-64(62)78(66)88)86(80(73)90)56-58(40-32-28-22-18-14-10-4)42-34-30-26-24-20-16-12-8-2/h35-38,43-51,57-58,66,74,76H,7-34,39-42,52,55-56H2,1-4H3/b65-51+,71-67+,72-68-. The van der Waals surface area contributed by atoms with Gasteiger partial charge in [0.05, 0.1) is 53.4 Å². The molecule has 0 spiro atoms. The van der Waals surface area contributed by atoms with E-state index in [1.165, 1.54) is 140 Å². The molecule has 2 amide bonds. The predicted molar refractivity (Wildman–Crippen MR) is 378 cm³/mol. The van der Waals surface area contributed by atoms with Crippen molar-refractivity contribution in [3.63, 3.8) is 0 Å². The lowest BCUT2D eigenvalue weighted by Crippen LogP contribution is -2.39. The molecule has 10 nitrogen and oxygen atoms in total. The number of unbranched alkanes of at least 4 members (excludes halogenated alkanes) is 24. The molecule has 2 aromatic carbocycles. The third kappa shape index (κ3) is 17.8. The van der Waals surface area contributed by atoms with Gasteiger partial charge in [0.25, 0.3) is 17.3 Å². The van der Waals surface area contributed by atoms with Crippen LogP contribution in [0.25, 0.3) is 32.6 Å². The molecule has 0 bridgehead atoms. The van der Waals surface area contributed by atoms with Gasteiger partial charge in [-0.3, -0.25) is 19.2 Å². The van der Waals surface area contributed by atoms with Crippen molar-refractivity contribution in [3.05, 3.63) is 160 Å². The minimum absolute atomic E-state index is 0.0664. The number of nitriles is 2. The molecule has 486 valence electrons. The lowest BCUT2D eigenvalue weighted by atomic mass is 9.91. The molecule has 12 heteroatoms. The first-order valence-electron chi connectivity index (χ1n) is 35.7. The van der Waals surface area contributed by atoms with Crippen LogP contribution in [0.3, 0.4) is 0 Å². The van der Waals surface area contributed by atoms with E-state index in [-0.39, 0.29) is 58.6 Å². The summed E-state index contributed by atoms with van der Waals surface area (Å²) >= 11 is 2.98. The zero-order chi connectivity index (χ0) is 65.2. The molecule has 92 heavy (non-hydrogen) atoms. The van der Waals surface area contributed by atoms with Crippen LogP contribution in [-0.4, -0.2) is 46.3 Å². The van der Waals surface area contributed by atoms with E-state index in [2.05, 4.69) is 60.5 Å². The largest absolute Gasteiger partial charge is 0.330 e. The number of allylic oxidation sites excluding steroid dienone is 5. The van der Waals surface area contributed by atoms with Crippen LogP contribution in [0.2, 0.25) is 0 Å². The van der Waals surface area contributed by atoms with Crippen molar-refractivity contribution in [1.29, 1.82) is 10.5 Å². The normalized spacial score (nSPS) is 18.9. The first-order chi connectivity index (χ1) is 45.1. The van der Waals surface area contributed by atoms with Crippen molar-refractivity contribution in [2.45, 2.75) is 246 Å². The van der Waals surface area contributed by atoms with E-state index in [4.69, 9.17) is 13.1 Å². The first-order valence-corrected chi connectivity index (χ1v) is 37.3. The van der Waals surface area contributed by atoms with Gasteiger partial charge in [-0.1, -0.05) is 256 Å². The zero-order valence-electron chi connectivity index (χ0n) is 55.8. The number of rotatable bonds is 41. The highest BCUT2D eigenvalue weighted by Gasteiger charge is 2.57. The van der Waals surface area contributed by atoms with Gasteiger partial charge in [-0.15, -0.1) is 22.7 Å². The van der Waals surface area contributed by atoms with Crippen molar-refractivity contribution in [3.8, 4) is 12.1 Å². The number of nitrogens with zero attached hydrogens (tertiary/aromatic N) is 6. The molecule has 5 unspecified atom stereocenters. The number of benzene rings is 2. The Morgan fingerprint density at radius 2 is 1.03 bits per heavy atom. The van der Waals surface area contributed by atoms with Gasteiger partial charge in [-0.2, -0.15) is 0 Å². The van der Waals surface area contributed by atoms with Gasteiger partial charge in [-0.25, -0.2) is 20.2 Å². The Kier molecular flexibility index (Phi) is 28.6. The van der Waals surface area contributed by atoms with Crippen molar-refractivity contribution in [1.82, 2.24) is 9.80 Å². The van der Waals surface area contributed by atoms with Crippen LogP contribution in [0.4, 0.5) is 0 Å². The van der Waals surface area contributed by atoms with E-state index < -0.39 is 17.9 Å². The SMILES string of the molecule is [C-]#[N+]/C(C#N)=C1/C(=C\c2ccc(C3=C4C(=O)N(CC(CCCCCCCC)CCCCCCCCCC)C(c5ccc(CC6C(=O)c7ccccc7/C6=C(\C#N)[N+]#[C-])s5)C4C(=O)N3CC(CCCCCCCC)CCCCCCCCCC)s2)C(=O)c2ccccc21. The summed E-state index contributed by atoms with van der Waals surface area (Å²) in [5.74, 6) is -1.66. The second-order valence-electron chi connectivity index (χ2n) is 26.5. The molecule has 1 saturated heterocycles. The summed E-state index contributed by atoms with van der Waals surface area (Å²) in [6.45, 7) is 26.0. The number of ketones is 2. The number of thiophene rings is 2. The predicted octanol–water partition coefficient (Wildman–Crippen LogP) is 22.0. The van der Waals surface area contributed by atoms with Crippen molar-refractivity contribution in [2.75, 3.05) is 13.1 Å². The molecule has 2 aromatic heterocycles. The van der Waals surface area contributed by atoms with Crippen LogP contribution >= 0.6 is 22.7 Å². The van der Waals surface area contributed by atoms with E-state index in [9.17, 15) is 20.1 Å². The molecule has 2 aliphatic carbocycles. The molecule has 2 aliphatic heterocycles. The number of likely N-dealkylation sites (tertiary alicyclic amines) is 1. The Balaban J connectivity index is 1.23. The summed E-state index contributed by atoms with van der Waals surface area (Å²) in [4.78, 5) is 76.0. The molecular formula is C80H100N6O4S2. The van der Waals surface area contributed by atoms with Crippen molar-refractivity contribution < 1.29 is 19.2 Å². The maximum Gasteiger partial charge on any atom is 0.270 e. The highest BCUT2D eigenvalue weighted by atomic mass is 32.1. The van der Waals surface area contributed by atoms with E-state index in [0.717, 1.165) is 91.7 Å². The number of fused-ring (bicyclic) bond motifs is 3. The summed E-state index contributed by atoms with van der Waals surface area (Å²) in [5.41, 5.74) is 4.16. The summed E-state index contributed by atoms with van der Waals surface area (Å²) in [7, 11) is 0. The van der Waals surface area contributed by atoms with Crippen LogP contribution in [0.1, 0.15) is 291 Å². The molecule has 4 aromatic rings. The highest BCUT2D eigenvalue weighted by Crippen LogP contribution is 2.54. The van der Waals surface area contributed by atoms with Gasteiger partial charge in [0.1, 0.15) is 0 Å². The Hall–Kier alpha value is -6.96. The first kappa shape index (κ1) is 70.9.